The minimum atomic E-state index is -1.04. The molecule has 2 atom stereocenters. The quantitative estimate of drug-likeness (QED) is 0.116. The Morgan fingerprint density at radius 1 is 1.22 bits per heavy atom. The zero-order valence-corrected chi connectivity index (χ0v) is 24.0. The number of hydrogen-bond donors (Lipinski definition) is 1. The van der Waals surface area contributed by atoms with E-state index in [0.29, 0.717) is 46.2 Å². The van der Waals surface area contributed by atoms with Crippen LogP contribution in [-0.4, -0.2) is 46.9 Å². The lowest BCUT2D eigenvalue weighted by Crippen LogP contribution is -2.29. The molecule has 1 fully saturated rings. The number of carbonyl (C=O) groups is 3. The maximum atomic E-state index is 13.6. The number of nitrogens with zero attached hydrogens (tertiary/aromatic N) is 2. The number of thiazole rings is 1. The molecule has 0 saturated carbocycles. The second-order valence-electron chi connectivity index (χ2n) is 9.83. The normalized spacial score (nSPS) is 19.2. The number of anilines is 1. The van der Waals surface area contributed by atoms with E-state index in [1.165, 1.54) is 11.8 Å². The van der Waals surface area contributed by atoms with Crippen LogP contribution in [-0.2, 0) is 16.0 Å². The van der Waals surface area contributed by atoms with Crippen LogP contribution in [0, 0.1) is 6.92 Å². The standard InChI is InChI=1S/C31H30N2O7S/c1-6-12-39-23-11-8-19(15-24(23)38-7-2)26-25(27(35)20-9-10-22-21(14-20)13-16(3)40-22)28(36)30(37)33(26)31-32-17(4)29(41-31)18(5)34/h6,8-11,14-16,26,35H,1,7,12-13H2,2-5H3/b27-25+/t16-,26+/m0/s1. The first kappa shape index (κ1) is 28.1. The van der Waals surface area contributed by atoms with Crippen molar-refractivity contribution < 1.29 is 33.7 Å². The van der Waals surface area contributed by atoms with Gasteiger partial charge < -0.3 is 19.3 Å². The van der Waals surface area contributed by atoms with Gasteiger partial charge in [-0.25, -0.2) is 4.98 Å². The lowest BCUT2D eigenvalue weighted by atomic mass is 9.94. The van der Waals surface area contributed by atoms with Crippen molar-refractivity contribution in [3.8, 4) is 17.2 Å². The number of aliphatic hydroxyl groups is 1. The van der Waals surface area contributed by atoms with Crippen LogP contribution in [0.5, 0.6) is 17.2 Å². The summed E-state index contributed by atoms with van der Waals surface area (Å²) in [5.74, 6) is -0.648. The summed E-state index contributed by atoms with van der Waals surface area (Å²) >= 11 is 1.03. The van der Waals surface area contributed by atoms with Gasteiger partial charge in [-0.15, -0.1) is 0 Å². The summed E-state index contributed by atoms with van der Waals surface area (Å²) in [7, 11) is 0. The molecular formula is C31H30N2O7S. The molecule has 9 nitrogen and oxygen atoms in total. The van der Waals surface area contributed by atoms with E-state index < -0.39 is 17.7 Å². The maximum absolute atomic E-state index is 13.6. The summed E-state index contributed by atoms with van der Waals surface area (Å²) in [5.41, 5.74) is 2.14. The number of ether oxygens (including phenoxy) is 3. The molecule has 0 radical (unpaired) electrons. The number of amides is 1. The van der Waals surface area contributed by atoms with Gasteiger partial charge in [0.1, 0.15) is 24.2 Å². The zero-order chi connectivity index (χ0) is 29.4. The van der Waals surface area contributed by atoms with Crippen molar-refractivity contribution >= 4 is 39.7 Å². The van der Waals surface area contributed by atoms with Gasteiger partial charge in [0, 0.05) is 18.9 Å². The molecule has 0 aliphatic carbocycles. The van der Waals surface area contributed by atoms with Crippen LogP contribution >= 0.6 is 11.3 Å². The van der Waals surface area contributed by atoms with E-state index in [0.717, 1.165) is 22.6 Å². The number of carbonyl (C=O) groups excluding carboxylic acids is 3. The first-order valence-corrected chi connectivity index (χ1v) is 14.1. The third-order valence-corrected chi connectivity index (χ3v) is 8.12. The Morgan fingerprint density at radius 3 is 2.68 bits per heavy atom. The Balaban J connectivity index is 1.70. The predicted molar refractivity (Wildman–Crippen MR) is 155 cm³/mol. The molecule has 1 aromatic heterocycles. The summed E-state index contributed by atoms with van der Waals surface area (Å²) in [4.78, 5) is 45.5. The first-order chi connectivity index (χ1) is 19.6. The molecule has 0 unspecified atom stereocenters. The number of hydrogen-bond acceptors (Lipinski definition) is 9. The molecule has 2 aliphatic heterocycles. The minimum absolute atomic E-state index is 0.00426. The summed E-state index contributed by atoms with van der Waals surface area (Å²) in [6.45, 7) is 11.2. The van der Waals surface area contributed by atoms with Crippen LogP contribution < -0.4 is 19.1 Å². The second kappa shape index (κ2) is 11.2. The zero-order valence-electron chi connectivity index (χ0n) is 23.2. The van der Waals surface area contributed by atoms with Gasteiger partial charge in [-0.05, 0) is 62.2 Å². The Hall–Kier alpha value is -4.44. The van der Waals surface area contributed by atoms with Crippen molar-refractivity contribution in [3.63, 3.8) is 0 Å². The van der Waals surface area contributed by atoms with Crippen LogP contribution in [0.4, 0.5) is 5.13 Å². The lowest BCUT2D eigenvalue weighted by Gasteiger charge is -2.24. The number of fused-ring (bicyclic) bond motifs is 1. The number of aromatic nitrogens is 1. The van der Waals surface area contributed by atoms with Crippen molar-refractivity contribution in [1.82, 2.24) is 4.98 Å². The Bertz CT molecular complexity index is 1610. The van der Waals surface area contributed by atoms with Crippen molar-refractivity contribution in [2.24, 2.45) is 0 Å². The molecule has 212 valence electrons. The average molecular weight is 575 g/mol. The van der Waals surface area contributed by atoms with Crippen molar-refractivity contribution in [2.45, 2.75) is 46.3 Å². The maximum Gasteiger partial charge on any atom is 0.301 e. The summed E-state index contributed by atoms with van der Waals surface area (Å²) < 4.78 is 17.4. The largest absolute Gasteiger partial charge is 0.507 e. The van der Waals surface area contributed by atoms with Crippen LogP contribution in [0.1, 0.15) is 58.9 Å². The van der Waals surface area contributed by atoms with Gasteiger partial charge in [0.05, 0.1) is 28.8 Å². The Morgan fingerprint density at radius 2 is 2.00 bits per heavy atom. The molecule has 2 aliphatic rings. The van der Waals surface area contributed by atoms with Crippen molar-refractivity contribution in [2.75, 3.05) is 18.1 Å². The second-order valence-corrected chi connectivity index (χ2v) is 10.8. The molecule has 0 spiro atoms. The highest BCUT2D eigenvalue weighted by molar-refractivity contribution is 7.18. The summed E-state index contributed by atoms with van der Waals surface area (Å²) in [6, 6.07) is 9.23. The highest BCUT2D eigenvalue weighted by atomic mass is 32.1. The van der Waals surface area contributed by atoms with Gasteiger partial charge >= 0.3 is 5.91 Å². The van der Waals surface area contributed by atoms with E-state index in [9.17, 15) is 19.5 Å². The Labute approximate surface area is 241 Å². The third kappa shape index (κ3) is 5.11. The molecule has 3 aromatic rings. The van der Waals surface area contributed by atoms with Gasteiger partial charge in [-0.3, -0.25) is 19.3 Å². The molecule has 1 amide bonds. The van der Waals surface area contributed by atoms with E-state index in [1.54, 1.807) is 49.4 Å². The molecule has 41 heavy (non-hydrogen) atoms. The number of aliphatic hydroxyl groups excluding tert-OH is 1. The van der Waals surface area contributed by atoms with E-state index >= 15 is 0 Å². The first-order valence-electron chi connectivity index (χ1n) is 13.2. The van der Waals surface area contributed by atoms with Crippen LogP contribution in [0.3, 0.4) is 0 Å². The van der Waals surface area contributed by atoms with E-state index in [1.807, 2.05) is 13.8 Å². The fraction of sp³-hybridized carbons (Fsp3) is 0.290. The van der Waals surface area contributed by atoms with Crippen molar-refractivity contribution in [1.29, 1.82) is 0 Å². The predicted octanol–water partition coefficient (Wildman–Crippen LogP) is 5.57. The van der Waals surface area contributed by atoms with Gasteiger partial charge in [0.2, 0.25) is 0 Å². The Kier molecular flexibility index (Phi) is 7.68. The van der Waals surface area contributed by atoms with E-state index in [4.69, 9.17) is 14.2 Å². The highest BCUT2D eigenvalue weighted by Gasteiger charge is 2.48. The molecule has 3 heterocycles. The highest BCUT2D eigenvalue weighted by Crippen LogP contribution is 2.46. The van der Waals surface area contributed by atoms with Crippen LogP contribution in [0.15, 0.2) is 54.6 Å². The third-order valence-electron chi connectivity index (χ3n) is 6.87. The molecule has 2 aromatic carbocycles. The van der Waals surface area contributed by atoms with Crippen molar-refractivity contribution in [3.05, 3.63) is 81.9 Å². The van der Waals surface area contributed by atoms with Crippen LogP contribution in [0.2, 0.25) is 0 Å². The number of Topliss-reactive ketones (excluding diaryl/α,β-unsaturated/α-hetero) is 2. The number of rotatable bonds is 9. The average Bonchev–Trinajstić information content (AvgIpc) is 3.59. The van der Waals surface area contributed by atoms with Gasteiger partial charge in [0.25, 0.3) is 5.78 Å². The molecule has 0 bridgehead atoms. The molecule has 1 N–H and O–H groups in total. The minimum Gasteiger partial charge on any atom is -0.507 e. The van der Waals surface area contributed by atoms with E-state index in [-0.39, 0.29) is 35.0 Å². The summed E-state index contributed by atoms with van der Waals surface area (Å²) in [5, 5.41) is 11.8. The molecule has 1 saturated heterocycles. The summed E-state index contributed by atoms with van der Waals surface area (Å²) in [6.07, 6.45) is 2.26. The SMILES string of the molecule is C=CCOc1ccc([C@@H]2/C(=C(\O)c3ccc4c(c3)C[C@H](C)O4)C(=O)C(=O)N2c2nc(C)c(C(C)=O)s2)cc1OCC. The van der Waals surface area contributed by atoms with E-state index in [2.05, 4.69) is 11.6 Å². The molecular weight excluding hydrogens is 544 g/mol. The number of ketones is 2. The van der Waals surface area contributed by atoms with Gasteiger partial charge in [0.15, 0.2) is 22.4 Å². The van der Waals surface area contributed by atoms with Crippen LogP contribution in [0.25, 0.3) is 5.76 Å². The van der Waals surface area contributed by atoms with Gasteiger partial charge in [-0.2, -0.15) is 0 Å². The molecule has 10 heteroatoms. The molecule has 5 rings (SSSR count). The smallest absolute Gasteiger partial charge is 0.301 e. The lowest BCUT2D eigenvalue weighted by molar-refractivity contribution is -0.132. The number of aryl methyl sites for hydroxylation is 1. The monoisotopic (exact) mass is 574 g/mol. The fourth-order valence-electron chi connectivity index (χ4n) is 5.11. The number of benzene rings is 2. The van der Waals surface area contributed by atoms with Gasteiger partial charge in [-0.1, -0.05) is 30.1 Å². The topological polar surface area (TPSA) is 115 Å². The fourth-order valence-corrected chi connectivity index (χ4v) is 6.10.